The second-order valence-corrected chi connectivity index (χ2v) is 5.98. The van der Waals surface area contributed by atoms with E-state index in [0.717, 1.165) is 16.8 Å². The number of halogens is 6. The number of fused-ring (bicyclic) bond motifs is 1. The topological polar surface area (TPSA) is 65.2 Å². The molecule has 4 rings (SSSR count). The Morgan fingerprint density at radius 3 is 2.59 bits per heavy atom. The monoisotopic (exact) mass is 389 g/mol. The van der Waals surface area contributed by atoms with Gasteiger partial charge in [-0.15, -0.1) is 10.2 Å². The van der Waals surface area contributed by atoms with E-state index >= 15 is 0 Å². The van der Waals surface area contributed by atoms with Crippen LogP contribution in [-0.4, -0.2) is 43.5 Å². The van der Waals surface area contributed by atoms with Gasteiger partial charge in [-0.25, -0.2) is 18.2 Å². The smallest absolute Gasteiger partial charge is 0.422 e. The maximum Gasteiger partial charge on any atom is 0.422 e. The number of hydrogen-bond donors (Lipinski definition) is 0. The molecule has 1 aliphatic rings. The van der Waals surface area contributed by atoms with E-state index in [-0.39, 0.29) is 29.1 Å². The van der Waals surface area contributed by atoms with E-state index in [2.05, 4.69) is 25.0 Å². The summed E-state index contributed by atoms with van der Waals surface area (Å²) in [5.74, 6) is -5.90. The summed E-state index contributed by atoms with van der Waals surface area (Å²) in [6, 6.07) is 3.78. The number of rotatable bonds is 4. The van der Waals surface area contributed by atoms with Gasteiger partial charge in [0.2, 0.25) is 0 Å². The molecule has 3 aromatic heterocycles. The summed E-state index contributed by atoms with van der Waals surface area (Å²) in [5.41, 5.74) is 0.507. The summed E-state index contributed by atoms with van der Waals surface area (Å²) in [4.78, 5) is 3.52. The first kappa shape index (κ1) is 17.5. The number of ether oxygens (including phenoxy) is 1. The van der Waals surface area contributed by atoms with Crippen molar-refractivity contribution in [2.75, 3.05) is 6.61 Å². The molecule has 1 unspecified atom stereocenters. The first-order valence-electron chi connectivity index (χ1n) is 7.60. The average molecular weight is 389 g/mol. The molecule has 1 atom stereocenters. The number of aromatic nitrogens is 5. The summed E-state index contributed by atoms with van der Waals surface area (Å²) in [5, 5.41) is 11.6. The lowest BCUT2D eigenvalue weighted by Crippen LogP contribution is -2.20. The van der Waals surface area contributed by atoms with E-state index in [1.165, 1.54) is 12.1 Å². The zero-order valence-electron chi connectivity index (χ0n) is 13.2. The predicted molar refractivity (Wildman–Crippen MR) is 77.8 cm³/mol. The fourth-order valence-electron chi connectivity index (χ4n) is 2.49. The van der Waals surface area contributed by atoms with E-state index in [1.807, 2.05) is 0 Å². The Morgan fingerprint density at radius 1 is 1.22 bits per heavy atom. The molecule has 0 saturated heterocycles. The van der Waals surface area contributed by atoms with Crippen molar-refractivity contribution in [3.05, 3.63) is 36.0 Å². The minimum atomic E-state index is -4.63. The van der Waals surface area contributed by atoms with Crippen molar-refractivity contribution < 1.29 is 31.1 Å². The van der Waals surface area contributed by atoms with Gasteiger partial charge in [-0.05, 0) is 18.2 Å². The molecule has 0 radical (unpaired) electrons. The highest BCUT2D eigenvalue weighted by Gasteiger charge is 2.60. The number of pyridine rings is 1. The van der Waals surface area contributed by atoms with E-state index < -0.39 is 36.3 Å². The Kier molecular flexibility index (Phi) is 3.75. The van der Waals surface area contributed by atoms with E-state index in [9.17, 15) is 26.3 Å². The molecule has 1 saturated carbocycles. The normalized spacial score (nSPS) is 18.7. The highest BCUT2D eigenvalue weighted by molar-refractivity contribution is 5.60. The third kappa shape index (κ3) is 3.38. The largest absolute Gasteiger partial charge is 0.466 e. The van der Waals surface area contributed by atoms with Gasteiger partial charge in [0.1, 0.15) is 0 Å². The lowest BCUT2D eigenvalue weighted by atomic mass is 10.2. The first-order chi connectivity index (χ1) is 12.6. The third-order valence-electron chi connectivity index (χ3n) is 3.90. The molecule has 3 heterocycles. The van der Waals surface area contributed by atoms with E-state index in [4.69, 9.17) is 0 Å². The third-order valence-corrected chi connectivity index (χ3v) is 3.90. The Balaban J connectivity index is 1.64. The van der Waals surface area contributed by atoms with E-state index in [1.54, 1.807) is 0 Å². The quantitative estimate of drug-likeness (QED) is 0.640. The maximum absolute atomic E-state index is 14.0. The van der Waals surface area contributed by atoms with Crippen molar-refractivity contribution in [3.63, 3.8) is 0 Å². The fraction of sp³-hybridized carbons (Fsp3) is 0.333. The lowest BCUT2D eigenvalue weighted by Gasteiger charge is -2.09. The average Bonchev–Trinajstić information content (AvgIpc) is 3.02. The fourth-order valence-corrected chi connectivity index (χ4v) is 2.49. The molecule has 0 N–H and O–H groups in total. The predicted octanol–water partition coefficient (Wildman–Crippen LogP) is 3.39. The van der Waals surface area contributed by atoms with E-state index in [0.29, 0.717) is 0 Å². The second kappa shape index (κ2) is 5.79. The van der Waals surface area contributed by atoms with Gasteiger partial charge >= 0.3 is 6.18 Å². The van der Waals surface area contributed by atoms with Crippen LogP contribution in [0.5, 0.6) is 5.88 Å². The van der Waals surface area contributed by atoms with Crippen LogP contribution in [0.2, 0.25) is 0 Å². The highest BCUT2D eigenvalue weighted by Crippen LogP contribution is 2.54. The molecule has 1 fully saturated rings. The van der Waals surface area contributed by atoms with Gasteiger partial charge in [0.25, 0.3) is 11.8 Å². The van der Waals surface area contributed by atoms with Crippen molar-refractivity contribution in [2.24, 2.45) is 0 Å². The van der Waals surface area contributed by atoms with Crippen molar-refractivity contribution in [1.29, 1.82) is 0 Å². The van der Waals surface area contributed by atoms with Crippen LogP contribution in [0.25, 0.3) is 16.9 Å². The maximum atomic E-state index is 14.0. The zero-order chi connectivity index (χ0) is 19.4. The molecule has 0 aromatic carbocycles. The Labute approximate surface area is 146 Å². The molecule has 0 aliphatic heterocycles. The molecule has 12 heteroatoms. The Bertz CT molecular complexity index is 1020. The summed E-state index contributed by atoms with van der Waals surface area (Å²) in [7, 11) is 0. The molecule has 0 amide bonds. The lowest BCUT2D eigenvalue weighted by molar-refractivity contribution is -0.154. The Hall–Kier alpha value is -2.92. The number of alkyl halides is 5. The molecule has 3 aromatic rings. The van der Waals surface area contributed by atoms with Crippen LogP contribution in [0.1, 0.15) is 18.2 Å². The summed E-state index contributed by atoms with van der Waals surface area (Å²) >= 11 is 0. The summed E-state index contributed by atoms with van der Waals surface area (Å²) in [6.07, 6.45) is -3.92. The van der Waals surface area contributed by atoms with Crippen LogP contribution in [-0.2, 0) is 0 Å². The SMILES string of the molecule is Fc1cc(-c2ccc3nnc(C4CC4(F)F)n3n2)cnc1OCC(F)(F)F. The van der Waals surface area contributed by atoms with Crippen LogP contribution >= 0.6 is 0 Å². The zero-order valence-corrected chi connectivity index (χ0v) is 13.2. The molecule has 142 valence electrons. The molecule has 27 heavy (non-hydrogen) atoms. The van der Waals surface area contributed by atoms with Crippen LogP contribution in [0, 0.1) is 5.82 Å². The molecule has 6 nitrogen and oxygen atoms in total. The van der Waals surface area contributed by atoms with Crippen molar-refractivity contribution >= 4 is 5.65 Å². The van der Waals surface area contributed by atoms with Crippen molar-refractivity contribution in [1.82, 2.24) is 24.8 Å². The first-order valence-corrected chi connectivity index (χ1v) is 7.60. The Morgan fingerprint density at radius 2 is 1.96 bits per heavy atom. The molecule has 1 aliphatic carbocycles. The van der Waals surface area contributed by atoms with Crippen LogP contribution in [0.3, 0.4) is 0 Å². The standard InChI is InChI=1S/C15H9F6N5O/c16-9-3-7(5-22-13(9)27-6-15(19,20)21)10-1-2-11-23-24-12(26(11)25-10)8-4-14(8,17)18/h1-3,5,8H,4,6H2. The summed E-state index contributed by atoms with van der Waals surface area (Å²) in [6.45, 7) is -1.68. The number of nitrogens with zero attached hydrogens (tertiary/aromatic N) is 5. The van der Waals surface area contributed by atoms with Gasteiger partial charge in [-0.2, -0.15) is 22.8 Å². The highest BCUT2D eigenvalue weighted by atomic mass is 19.4. The molecule has 0 bridgehead atoms. The van der Waals surface area contributed by atoms with Gasteiger partial charge in [0.05, 0.1) is 11.6 Å². The van der Waals surface area contributed by atoms with Gasteiger partial charge in [0, 0.05) is 18.2 Å². The van der Waals surface area contributed by atoms with Crippen LogP contribution in [0.15, 0.2) is 24.4 Å². The van der Waals surface area contributed by atoms with Crippen LogP contribution < -0.4 is 4.74 Å². The van der Waals surface area contributed by atoms with Gasteiger partial charge < -0.3 is 4.74 Å². The van der Waals surface area contributed by atoms with Crippen molar-refractivity contribution in [2.45, 2.75) is 24.4 Å². The number of hydrogen-bond acceptors (Lipinski definition) is 5. The molecule has 0 spiro atoms. The van der Waals surface area contributed by atoms with Gasteiger partial charge in [-0.1, -0.05) is 0 Å². The minimum absolute atomic E-state index is 0.0181. The second-order valence-electron chi connectivity index (χ2n) is 5.98. The molecular weight excluding hydrogens is 380 g/mol. The van der Waals surface area contributed by atoms with Crippen molar-refractivity contribution in [3.8, 4) is 17.1 Å². The van der Waals surface area contributed by atoms with Gasteiger partial charge in [0.15, 0.2) is 23.9 Å². The van der Waals surface area contributed by atoms with Gasteiger partial charge in [-0.3, -0.25) is 0 Å². The minimum Gasteiger partial charge on any atom is -0.466 e. The summed E-state index contributed by atoms with van der Waals surface area (Å²) < 4.78 is 82.4. The molecular formula is C15H9F6N5O. The van der Waals surface area contributed by atoms with Crippen LogP contribution in [0.4, 0.5) is 26.3 Å².